The van der Waals surface area contributed by atoms with Gasteiger partial charge in [-0.15, -0.1) is 0 Å². The van der Waals surface area contributed by atoms with E-state index in [-0.39, 0.29) is 35.4 Å². The fourth-order valence-corrected chi connectivity index (χ4v) is 5.42. The van der Waals surface area contributed by atoms with Crippen LogP contribution in [0.5, 0.6) is 0 Å². The SMILES string of the molecule is CC(=O)O[C@H]1C[C@H]2[C@](C)(CO)CCC[C@]2(C)c2ccc(C(C)(C)O)cc21. The second-order valence-electron chi connectivity index (χ2n) is 9.33. The molecule has 2 aliphatic rings. The molecule has 2 aliphatic carbocycles. The monoisotopic (exact) mass is 360 g/mol. The smallest absolute Gasteiger partial charge is 0.303 e. The molecule has 26 heavy (non-hydrogen) atoms. The molecule has 4 nitrogen and oxygen atoms in total. The quantitative estimate of drug-likeness (QED) is 0.800. The summed E-state index contributed by atoms with van der Waals surface area (Å²) in [7, 11) is 0. The molecular formula is C22H32O4. The van der Waals surface area contributed by atoms with Gasteiger partial charge in [0.15, 0.2) is 0 Å². The normalized spacial score (nSPS) is 34.0. The van der Waals surface area contributed by atoms with E-state index in [9.17, 15) is 15.0 Å². The molecule has 1 aromatic rings. The zero-order valence-corrected chi connectivity index (χ0v) is 16.6. The van der Waals surface area contributed by atoms with Crippen LogP contribution in [0.25, 0.3) is 0 Å². The minimum Gasteiger partial charge on any atom is -0.458 e. The Morgan fingerprint density at radius 1 is 1.31 bits per heavy atom. The molecule has 0 spiro atoms. The lowest BCUT2D eigenvalue weighted by molar-refractivity contribution is -0.151. The number of ether oxygens (including phenoxy) is 1. The number of hydrogen-bond acceptors (Lipinski definition) is 4. The van der Waals surface area contributed by atoms with E-state index in [1.807, 2.05) is 12.1 Å². The van der Waals surface area contributed by atoms with E-state index >= 15 is 0 Å². The van der Waals surface area contributed by atoms with E-state index in [1.54, 1.807) is 13.8 Å². The van der Waals surface area contributed by atoms with Crippen molar-refractivity contribution in [2.24, 2.45) is 11.3 Å². The molecule has 0 aromatic heterocycles. The lowest BCUT2D eigenvalue weighted by atomic mass is 9.49. The molecule has 1 fully saturated rings. The highest BCUT2D eigenvalue weighted by atomic mass is 16.5. The molecule has 3 rings (SSSR count). The van der Waals surface area contributed by atoms with Crippen LogP contribution in [0.15, 0.2) is 18.2 Å². The largest absolute Gasteiger partial charge is 0.458 e. The van der Waals surface area contributed by atoms with E-state index in [1.165, 1.54) is 12.5 Å². The topological polar surface area (TPSA) is 66.8 Å². The van der Waals surface area contributed by atoms with Crippen molar-refractivity contribution in [1.29, 1.82) is 0 Å². The van der Waals surface area contributed by atoms with E-state index < -0.39 is 5.60 Å². The number of fused-ring (bicyclic) bond motifs is 3. The number of carbonyl (C=O) groups excluding carboxylic acids is 1. The second-order valence-corrected chi connectivity index (χ2v) is 9.33. The molecule has 0 unspecified atom stereocenters. The molecule has 2 N–H and O–H groups in total. The summed E-state index contributed by atoms with van der Waals surface area (Å²) in [5, 5.41) is 20.6. The molecule has 1 saturated carbocycles. The van der Waals surface area contributed by atoms with Gasteiger partial charge in [-0.1, -0.05) is 32.4 Å². The molecular weight excluding hydrogens is 328 g/mol. The van der Waals surface area contributed by atoms with E-state index in [2.05, 4.69) is 19.9 Å². The summed E-state index contributed by atoms with van der Waals surface area (Å²) in [6.07, 6.45) is 3.53. The molecule has 0 aliphatic heterocycles. The van der Waals surface area contributed by atoms with Gasteiger partial charge in [0.1, 0.15) is 6.10 Å². The van der Waals surface area contributed by atoms with Gasteiger partial charge < -0.3 is 14.9 Å². The molecule has 4 atom stereocenters. The molecule has 1 aromatic carbocycles. The predicted octanol–water partition coefficient (Wildman–Crippen LogP) is 3.98. The maximum atomic E-state index is 11.8. The molecule has 4 heteroatoms. The van der Waals surface area contributed by atoms with Crippen LogP contribution >= 0.6 is 0 Å². The van der Waals surface area contributed by atoms with Gasteiger partial charge >= 0.3 is 5.97 Å². The summed E-state index contributed by atoms with van der Waals surface area (Å²) in [5.41, 5.74) is 1.88. The van der Waals surface area contributed by atoms with Crippen LogP contribution in [-0.2, 0) is 20.5 Å². The number of rotatable bonds is 3. The highest BCUT2D eigenvalue weighted by Crippen LogP contribution is 2.59. The third kappa shape index (κ3) is 3.07. The predicted molar refractivity (Wildman–Crippen MR) is 101 cm³/mol. The van der Waals surface area contributed by atoms with Crippen molar-refractivity contribution in [1.82, 2.24) is 0 Å². The van der Waals surface area contributed by atoms with Crippen molar-refractivity contribution in [2.45, 2.75) is 77.4 Å². The zero-order valence-electron chi connectivity index (χ0n) is 16.6. The maximum Gasteiger partial charge on any atom is 0.303 e. The van der Waals surface area contributed by atoms with Crippen molar-refractivity contribution in [3.63, 3.8) is 0 Å². The maximum absolute atomic E-state index is 11.8. The Labute approximate surface area is 156 Å². The third-order valence-electron chi connectivity index (χ3n) is 6.89. The fraction of sp³-hybridized carbons (Fsp3) is 0.682. The highest BCUT2D eigenvalue weighted by Gasteiger charge is 2.54. The minimum absolute atomic E-state index is 0.0557. The summed E-state index contributed by atoms with van der Waals surface area (Å²) < 4.78 is 5.71. The molecule has 0 radical (unpaired) electrons. The van der Waals surface area contributed by atoms with Gasteiger partial charge in [-0.25, -0.2) is 0 Å². The minimum atomic E-state index is -0.945. The molecule has 0 bridgehead atoms. The number of benzene rings is 1. The number of esters is 1. The molecule has 0 amide bonds. The van der Waals surface area contributed by atoms with Crippen molar-refractivity contribution in [2.75, 3.05) is 6.61 Å². The summed E-state index contributed by atoms with van der Waals surface area (Å²) in [5.74, 6) is -0.0432. The van der Waals surface area contributed by atoms with Gasteiger partial charge in [0, 0.05) is 13.5 Å². The van der Waals surface area contributed by atoms with Crippen LogP contribution in [0.2, 0.25) is 0 Å². The second kappa shape index (κ2) is 6.35. The van der Waals surface area contributed by atoms with Gasteiger partial charge in [-0.05, 0) is 72.6 Å². The molecule has 0 heterocycles. The van der Waals surface area contributed by atoms with Gasteiger partial charge in [0.05, 0.1) is 5.60 Å². The van der Waals surface area contributed by atoms with Crippen LogP contribution in [0.1, 0.15) is 83.1 Å². The first-order valence-corrected chi connectivity index (χ1v) is 9.67. The Kier molecular flexibility index (Phi) is 4.73. The zero-order chi connectivity index (χ0) is 19.3. The average molecular weight is 360 g/mol. The number of hydrogen-bond donors (Lipinski definition) is 2. The Bertz CT molecular complexity index is 705. The first-order valence-electron chi connectivity index (χ1n) is 9.67. The van der Waals surface area contributed by atoms with Crippen molar-refractivity contribution >= 4 is 5.97 Å². The number of carbonyl (C=O) groups is 1. The highest BCUT2D eigenvalue weighted by molar-refractivity contribution is 5.66. The Morgan fingerprint density at radius 3 is 2.58 bits per heavy atom. The Hall–Kier alpha value is -1.39. The molecule has 0 saturated heterocycles. The van der Waals surface area contributed by atoms with Gasteiger partial charge in [0.2, 0.25) is 0 Å². The average Bonchev–Trinajstić information content (AvgIpc) is 2.55. The summed E-state index contributed by atoms with van der Waals surface area (Å²) >= 11 is 0. The van der Waals surface area contributed by atoms with E-state index in [0.717, 1.165) is 36.8 Å². The van der Waals surface area contributed by atoms with Crippen LogP contribution in [0.3, 0.4) is 0 Å². The Morgan fingerprint density at radius 2 is 2.00 bits per heavy atom. The number of aliphatic hydroxyl groups is 2. The van der Waals surface area contributed by atoms with Gasteiger partial charge in [0.25, 0.3) is 0 Å². The third-order valence-corrected chi connectivity index (χ3v) is 6.89. The van der Waals surface area contributed by atoms with E-state index in [4.69, 9.17) is 4.74 Å². The Balaban J connectivity index is 2.16. The number of aliphatic hydroxyl groups excluding tert-OH is 1. The van der Waals surface area contributed by atoms with Gasteiger partial charge in [-0.2, -0.15) is 0 Å². The van der Waals surface area contributed by atoms with Crippen LogP contribution < -0.4 is 0 Å². The summed E-state index contributed by atoms with van der Waals surface area (Å²) in [4.78, 5) is 11.8. The first kappa shape index (κ1) is 19.4. The standard InChI is InChI=1S/C22H32O4/c1-14(24)26-18-12-19-21(4,13-23)9-6-10-22(19,5)17-8-7-15(11-16(17)18)20(2,3)25/h7-8,11,18-19,23,25H,6,9-10,12-13H2,1-5H3/t18-,19-,21-,22+/m0/s1. The van der Waals surface area contributed by atoms with Crippen LogP contribution in [0, 0.1) is 11.3 Å². The lowest BCUT2D eigenvalue weighted by Crippen LogP contribution is -2.51. The first-order chi connectivity index (χ1) is 12.0. The van der Waals surface area contributed by atoms with Crippen LogP contribution in [-0.4, -0.2) is 22.8 Å². The summed E-state index contributed by atoms with van der Waals surface area (Å²) in [6.45, 7) is 9.59. The lowest BCUT2D eigenvalue weighted by Gasteiger charge is -2.56. The van der Waals surface area contributed by atoms with Crippen molar-refractivity contribution in [3.8, 4) is 0 Å². The molecule has 144 valence electrons. The van der Waals surface area contributed by atoms with Crippen LogP contribution in [0.4, 0.5) is 0 Å². The van der Waals surface area contributed by atoms with Gasteiger partial charge in [-0.3, -0.25) is 4.79 Å². The summed E-state index contributed by atoms with van der Waals surface area (Å²) in [6, 6.07) is 6.10. The van der Waals surface area contributed by atoms with Crippen molar-refractivity contribution < 1.29 is 19.7 Å². The van der Waals surface area contributed by atoms with Crippen molar-refractivity contribution in [3.05, 3.63) is 34.9 Å². The fourth-order valence-electron chi connectivity index (χ4n) is 5.42. The van der Waals surface area contributed by atoms with E-state index in [0.29, 0.717) is 0 Å².